The zero-order valence-electron chi connectivity index (χ0n) is 13.7. The Morgan fingerprint density at radius 3 is 2.75 bits per heavy atom. The predicted octanol–water partition coefficient (Wildman–Crippen LogP) is 4.65. The van der Waals surface area contributed by atoms with Gasteiger partial charge in [0, 0.05) is 17.0 Å². The van der Waals surface area contributed by atoms with Gasteiger partial charge in [0.1, 0.15) is 5.82 Å². The number of hydrogen-bond donors (Lipinski definition) is 2. The summed E-state index contributed by atoms with van der Waals surface area (Å²) in [6.45, 7) is 2.82. The van der Waals surface area contributed by atoms with Crippen LogP contribution in [-0.2, 0) is 6.54 Å². The molecule has 2 N–H and O–H groups in total. The molecule has 6 nitrogen and oxygen atoms in total. The molecule has 0 bridgehead atoms. The number of thiophene rings is 1. The molecule has 2 heterocycles. The van der Waals surface area contributed by atoms with Crippen molar-refractivity contribution in [3.8, 4) is 0 Å². The van der Waals surface area contributed by atoms with E-state index in [0.29, 0.717) is 24.2 Å². The van der Waals surface area contributed by atoms with E-state index >= 15 is 0 Å². The van der Waals surface area contributed by atoms with Gasteiger partial charge in [-0.05, 0) is 49.1 Å². The second-order valence-corrected chi connectivity index (χ2v) is 7.39. The normalized spacial score (nSPS) is 20.5. The molecule has 3 rings (SSSR count). The van der Waals surface area contributed by atoms with E-state index in [4.69, 9.17) is 0 Å². The highest BCUT2D eigenvalue weighted by Gasteiger charge is 2.20. The fourth-order valence-corrected chi connectivity index (χ4v) is 3.65. The van der Waals surface area contributed by atoms with E-state index in [1.165, 1.54) is 18.9 Å². The summed E-state index contributed by atoms with van der Waals surface area (Å²) in [5, 5.41) is 19.7. The number of aromatic nitrogens is 1. The Bertz CT molecular complexity index is 682. The lowest BCUT2D eigenvalue weighted by Crippen LogP contribution is -2.25. The van der Waals surface area contributed by atoms with Crippen LogP contribution >= 0.6 is 11.3 Å². The average Bonchev–Trinajstić information content (AvgIpc) is 3.08. The van der Waals surface area contributed by atoms with Gasteiger partial charge in [-0.15, -0.1) is 11.3 Å². The Hall–Kier alpha value is -2.15. The summed E-state index contributed by atoms with van der Waals surface area (Å²) in [5.74, 6) is 1.81. The highest BCUT2D eigenvalue weighted by molar-refractivity contribution is 7.09. The van der Waals surface area contributed by atoms with Gasteiger partial charge in [0.15, 0.2) is 0 Å². The van der Waals surface area contributed by atoms with Crippen molar-refractivity contribution in [2.24, 2.45) is 5.92 Å². The summed E-state index contributed by atoms with van der Waals surface area (Å²) in [6.07, 6.45) is 4.68. The molecular formula is C17H22N4O2S. The summed E-state index contributed by atoms with van der Waals surface area (Å²) in [7, 11) is 0. The van der Waals surface area contributed by atoms with Crippen molar-refractivity contribution in [3.63, 3.8) is 0 Å². The van der Waals surface area contributed by atoms with E-state index in [-0.39, 0.29) is 5.69 Å². The first kappa shape index (κ1) is 16.7. The molecule has 1 fully saturated rings. The van der Waals surface area contributed by atoms with E-state index in [0.717, 1.165) is 23.6 Å². The molecule has 7 heteroatoms. The minimum absolute atomic E-state index is 0.00868. The van der Waals surface area contributed by atoms with Crippen LogP contribution in [0.3, 0.4) is 0 Å². The predicted molar refractivity (Wildman–Crippen MR) is 97.6 cm³/mol. The van der Waals surface area contributed by atoms with Crippen molar-refractivity contribution in [1.29, 1.82) is 0 Å². The Kier molecular flexibility index (Phi) is 5.30. The molecule has 2 aromatic rings. The topological polar surface area (TPSA) is 80.1 Å². The van der Waals surface area contributed by atoms with Gasteiger partial charge in [0.05, 0.1) is 11.5 Å². The van der Waals surface area contributed by atoms with Crippen LogP contribution < -0.4 is 10.6 Å². The zero-order valence-corrected chi connectivity index (χ0v) is 14.5. The number of nitrogens with zero attached hydrogens (tertiary/aromatic N) is 2. The summed E-state index contributed by atoms with van der Waals surface area (Å²) in [5.41, 5.74) is 0.00868. The van der Waals surface area contributed by atoms with Crippen molar-refractivity contribution in [2.45, 2.75) is 45.2 Å². The van der Waals surface area contributed by atoms with Gasteiger partial charge in [-0.25, -0.2) is 4.98 Å². The van der Waals surface area contributed by atoms with Crippen LogP contribution in [0.5, 0.6) is 0 Å². The third kappa shape index (κ3) is 4.23. The Morgan fingerprint density at radius 2 is 2.08 bits per heavy atom. The lowest BCUT2D eigenvalue weighted by atomic mass is 9.87. The maximum Gasteiger partial charge on any atom is 0.311 e. The van der Waals surface area contributed by atoms with E-state index in [1.54, 1.807) is 17.4 Å². The van der Waals surface area contributed by atoms with Crippen LogP contribution in [0.1, 0.15) is 37.5 Å². The molecule has 0 unspecified atom stereocenters. The molecule has 0 radical (unpaired) electrons. The van der Waals surface area contributed by atoms with Crippen molar-refractivity contribution in [3.05, 3.63) is 44.6 Å². The largest absolute Gasteiger partial charge is 0.367 e. The molecule has 0 amide bonds. The SMILES string of the molecule is CC1CCC(Nc2ccc([N+](=O)[O-])c(NCc3cccs3)n2)CC1. The number of nitro groups is 1. The number of rotatable bonds is 6. The zero-order chi connectivity index (χ0) is 16.9. The Labute approximate surface area is 145 Å². The van der Waals surface area contributed by atoms with Gasteiger partial charge in [-0.2, -0.15) is 0 Å². The minimum Gasteiger partial charge on any atom is -0.367 e. The first-order valence-corrected chi connectivity index (χ1v) is 9.18. The van der Waals surface area contributed by atoms with Crippen LogP contribution in [-0.4, -0.2) is 15.9 Å². The highest BCUT2D eigenvalue weighted by atomic mass is 32.1. The molecule has 24 heavy (non-hydrogen) atoms. The lowest BCUT2D eigenvalue weighted by Gasteiger charge is -2.27. The summed E-state index contributed by atoms with van der Waals surface area (Å²) in [4.78, 5) is 16.4. The van der Waals surface area contributed by atoms with Gasteiger partial charge in [0.2, 0.25) is 5.82 Å². The summed E-state index contributed by atoms with van der Waals surface area (Å²) < 4.78 is 0. The average molecular weight is 346 g/mol. The molecule has 1 saturated carbocycles. The van der Waals surface area contributed by atoms with Gasteiger partial charge < -0.3 is 10.6 Å². The third-order valence-corrected chi connectivity index (χ3v) is 5.33. The van der Waals surface area contributed by atoms with E-state index in [9.17, 15) is 10.1 Å². The van der Waals surface area contributed by atoms with Crippen LogP contribution in [0.25, 0.3) is 0 Å². The molecule has 128 valence electrons. The molecule has 0 aromatic carbocycles. The second kappa shape index (κ2) is 7.61. The monoisotopic (exact) mass is 346 g/mol. The fraction of sp³-hybridized carbons (Fsp3) is 0.471. The Morgan fingerprint density at radius 1 is 1.29 bits per heavy atom. The standard InChI is InChI=1S/C17H22N4O2S/c1-12-4-6-13(7-5-12)19-16-9-8-15(21(22)23)17(20-16)18-11-14-3-2-10-24-14/h2-3,8-10,12-13H,4-7,11H2,1H3,(H2,18,19,20). The first-order chi connectivity index (χ1) is 11.6. The van der Waals surface area contributed by atoms with E-state index in [2.05, 4.69) is 22.5 Å². The molecule has 0 aliphatic heterocycles. The van der Waals surface area contributed by atoms with Crippen LogP contribution in [0.2, 0.25) is 0 Å². The maximum atomic E-state index is 11.2. The molecular weight excluding hydrogens is 324 g/mol. The van der Waals surface area contributed by atoms with E-state index < -0.39 is 4.92 Å². The van der Waals surface area contributed by atoms with Crippen molar-refractivity contribution in [2.75, 3.05) is 10.6 Å². The summed E-state index contributed by atoms with van der Waals surface area (Å²) in [6, 6.07) is 7.59. The summed E-state index contributed by atoms with van der Waals surface area (Å²) >= 11 is 1.61. The molecule has 0 atom stereocenters. The molecule has 1 aliphatic rings. The molecule has 0 saturated heterocycles. The van der Waals surface area contributed by atoms with Gasteiger partial charge in [0.25, 0.3) is 0 Å². The van der Waals surface area contributed by atoms with Gasteiger partial charge in [-0.3, -0.25) is 10.1 Å². The number of pyridine rings is 1. The van der Waals surface area contributed by atoms with Crippen LogP contribution in [0.4, 0.5) is 17.3 Å². The Balaban J connectivity index is 1.71. The molecule has 2 aromatic heterocycles. The molecule has 0 spiro atoms. The fourth-order valence-electron chi connectivity index (χ4n) is 3.01. The smallest absolute Gasteiger partial charge is 0.311 e. The number of nitrogens with one attached hydrogen (secondary N) is 2. The van der Waals surface area contributed by atoms with Crippen molar-refractivity contribution >= 4 is 28.7 Å². The lowest BCUT2D eigenvalue weighted by molar-refractivity contribution is -0.384. The van der Waals surface area contributed by atoms with Crippen LogP contribution in [0, 0.1) is 16.0 Å². The van der Waals surface area contributed by atoms with Gasteiger partial charge >= 0.3 is 5.69 Å². The third-order valence-electron chi connectivity index (χ3n) is 4.45. The highest BCUT2D eigenvalue weighted by Crippen LogP contribution is 2.28. The first-order valence-electron chi connectivity index (χ1n) is 8.30. The molecule has 1 aliphatic carbocycles. The maximum absolute atomic E-state index is 11.2. The van der Waals surface area contributed by atoms with Gasteiger partial charge in [-0.1, -0.05) is 13.0 Å². The minimum atomic E-state index is -0.393. The van der Waals surface area contributed by atoms with E-state index in [1.807, 2.05) is 17.5 Å². The van der Waals surface area contributed by atoms with Crippen molar-refractivity contribution in [1.82, 2.24) is 4.98 Å². The van der Waals surface area contributed by atoms with Crippen molar-refractivity contribution < 1.29 is 4.92 Å². The van der Waals surface area contributed by atoms with Crippen LogP contribution in [0.15, 0.2) is 29.6 Å². The number of anilines is 2. The quantitative estimate of drug-likeness (QED) is 0.587. The number of hydrogen-bond acceptors (Lipinski definition) is 6. The second-order valence-electron chi connectivity index (χ2n) is 6.36.